The monoisotopic (exact) mass is 426 g/mol. The van der Waals surface area contributed by atoms with Crippen LogP contribution in [0, 0.1) is 10.8 Å². The fraction of sp³-hybridized carbons (Fsp3) is 0.889. The van der Waals surface area contributed by atoms with Crippen LogP contribution >= 0.6 is 0 Å². The van der Waals surface area contributed by atoms with Gasteiger partial charge in [-0.15, -0.1) is 0 Å². The van der Waals surface area contributed by atoms with Crippen molar-refractivity contribution in [2.24, 2.45) is 10.8 Å². The summed E-state index contributed by atoms with van der Waals surface area (Å²) in [4.78, 5) is 20.9. The van der Waals surface area contributed by atoms with E-state index in [-0.39, 0.29) is 38.1 Å². The maximum Gasteiger partial charge on any atom is 0.303 e. The first-order valence-corrected chi connectivity index (χ1v) is 8.68. The number of carboxylic acids is 2. The molecule has 2 fully saturated rings. The molecule has 0 unspecified atom stereocenters. The van der Waals surface area contributed by atoms with Crippen LogP contribution in [0.15, 0.2) is 0 Å². The van der Waals surface area contributed by atoms with Crippen molar-refractivity contribution in [1.29, 1.82) is 0 Å². The SMILES string of the molecule is CC1(CC(=O)O)CCCCC1.CC1(CC(=O)O)CCCCC1.[Cd]. The minimum Gasteiger partial charge on any atom is -0.481 e. The summed E-state index contributed by atoms with van der Waals surface area (Å²) < 4.78 is 0. The number of carboxylic acid groups (broad SMARTS) is 2. The number of aliphatic carboxylic acids is 2. The van der Waals surface area contributed by atoms with E-state index < -0.39 is 11.9 Å². The van der Waals surface area contributed by atoms with E-state index >= 15 is 0 Å². The topological polar surface area (TPSA) is 74.6 Å². The number of hydrogen-bond acceptors (Lipinski definition) is 2. The van der Waals surface area contributed by atoms with Crippen molar-refractivity contribution in [3.63, 3.8) is 0 Å². The summed E-state index contributed by atoms with van der Waals surface area (Å²) in [6.07, 6.45) is 12.5. The van der Waals surface area contributed by atoms with Crippen LogP contribution in [0.2, 0.25) is 0 Å². The quantitative estimate of drug-likeness (QED) is 0.632. The molecule has 0 saturated heterocycles. The third-order valence-corrected chi connectivity index (χ3v) is 5.28. The molecule has 0 aliphatic heterocycles. The first-order valence-electron chi connectivity index (χ1n) is 8.68. The Hall–Kier alpha value is -0.138. The zero-order chi connectivity index (χ0) is 16.6. The van der Waals surface area contributed by atoms with E-state index in [9.17, 15) is 9.59 Å². The van der Waals surface area contributed by atoms with E-state index in [1.165, 1.54) is 38.5 Å². The van der Waals surface area contributed by atoms with Gasteiger partial charge in [-0.05, 0) is 36.5 Å². The van der Waals surface area contributed by atoms with Crippen LogP contribution in [0.4, 0.5) is 0 Å². The zero-order valence-corrected chi connectivity index (χ0v) is 18.9. The maximum absolute atomic E-state index is 10.5. The van der Waals surface area contributed by atoms with E-state index in [0.717, 1.165) is 25.7 Å². The molecule has 0 spiro atoms. The number of rotatable bonds is 4. The second kappa shape index (κ2) is 10.7. The van der Waals surface area contributed by atoms with Gasteiger partial charge in [0.05, 0.1) is 12.8 Å². The van der Waals surface area contributed by atoms with Gasteiger partial charge >= 0.3 is 11.9 Å². The molecule has 2 rings (SSSR count). The van der Waals surface area contributed by atoms with Gasteiger partial charge in [-0.3, -0.25) is 9.59 Å². The van der Waals surface area contributed by atoms with Crippen molar-refractivity contribution in [1.82, 2.24) is 0 Å². The average Bonchev–Trinajstić information content (AvgIpc) is 2.38. The Morgan fingerprint density at radius 2 is 0.957 bits per heavy atom. The average molecular weight is 425 g/mol. The number of hydrogen-bond donors (Lipinski definition) is 2. The molecule has 0 atom stereocenters. The summed E-state index contributed by atoms with van der Waals surface area (Å²) in [5, 5.41) is 17.3. The molecular formula is C18H32CdO4. The van der Waals surface area contributed by atoms with E-state index in [0.29, 0.717) is 12.8 Å². The molecule has 2 N–H and O–H groups in total. The molecule has 0 aromatic heterocycles. The standard InChI is InChI=1S/2C9H16O2.Cd/c2*1-9(7-8(10)11)5-3-2-4-6-9;/h2*2-7H2,1H3,(H,10,11);. The third-order valence-electron chi connectivity index (χ3n) is 5.28. The van der Waals surface area contributed by atoms with Crippen molar-refractivity contribution in [3.05, 3.63) is 0 Å². The first-order chi connectivity index (χ1) is 10.2. The minimum atomic E-state index is -0.644. The maximum atomic E-state index is 10.5. The van der Waals surface area contributed by atoms with Crippen molar-refractivity contribution in [3.8, 4) is 0 Å². The van der Waals surface area contributed by atoms with Gasteiger partial charge in [-0.2, -0.15) is 0 Å². The summed E-state index contributed by atoms with van der Waals surface area (Å²) in [6.45, 7) is 4.20. The Labute approximate surface area is 160 Å². The van der Waals surface area contributed by atoms with Crippen LogP contribution in [0.5, 0.6) is 0 Å². The summed E-state index contributed by atoms with van der Waals surface area (Å²) in [5.41, 5.74) is 0.203. The summed E-state index contributed by atoms with van der Waals surface area (Å²) >= 11 is 0. The predicted octanol–water partition coefficient (Wildman–Crippen LogP) is 4.86. The molecule has 4 nitrogen and oxygen atoms in total. The Bertz CT molecular complexity index is 333. The van der Waals surface area contributed by atoms with Crippen LogP contribution < -0.4 is 0 Å². The molecule has 5 heteroatoms. The van der Waals surface area contributed by atoms with Crippen LogP contribution in [-0.4, -0.2) is 22.2 Å². The zero-order valence-electron chi connectivity index (χ0n) is 14.9. The van der Waals surface area contributed by atoms with E-state index in [4.69, 9.17) is 10.2 Å². The molecule has 0 heterocycles. The Kier molecular flexibility index (Phi) is 10.6. The molecule has 2 saturated carbocycles. The van der Waals surface area contributed by atoms with Crippen LogP contribution in [0.25, 0.3) is 0 Å². The van der Waals surface area contributed by atoms with Gasteiger partial charge in [-0.1, -0.05) is 52.4 Å². The van der Waals surface area contributed by atoms with E-state index in [2.05, 4.69) is 13.8 Å². The van der Waals surface area contributed by atoms with E-state index in [1.54, 1.807) is 0 Å². The molecule has 0 radical (unpaired) electrons. The Morgan fingerprint density at radius 3 is 1.17 bits per heavy atom. The smallest absolute Gasteiger partial charge is 0.303 e. The summed E-state index contributed by atoms with van der Waals surface area (Å²) in [7, 11) is 0. The van der Waals surface area contributed by atoms with Gasteiger partial charge in [0.1, 0.15) is 0 Å². The predicted molar refractivity (Wildman–Crippen MR) is 86.9 cm³/mol. The number of carbonyl (C=O) groups is 2. The largest absolute Gasteiger partial charge is 0.481 e. The molecule has 130 valence electrons. The van der Waals surface area contributed by atoms with Crippen molar-refractivity contribution < 1.29 is 47.1 Å². The fourth-order valence-electron chi connectivity index (χ4n) is 3.89. The fourth-order valence-corrected chi connectivity index (χ4v) is 3.89. The molecule has 0 aromatic rings. The molecule has 0 amide bonds. The molecule has 0 bridgehead atoms. The first kappa shape index (κ1) is 22.9. The second-order valence-electron chi connectivity index (χ2n) is 7.88. The Morgan fingerprint density at radius 1 is 0.696 bits per heavy atom. The van der Waals surface area contributed by atoms with Gasteiger partial charge in [-0.25, -0.2) is 0 Å². The van der Waals surface area contributed by atoms with Gasteiger partial charge in [0.25, 0.3) is 0 Å². The van der Waals surface area contributed by atoms with Gasteiger partial charge < -0.3 is 10.2 Å². The summed E-state index contributed by atoms with van der Waals surface area (Å²) in [6, 6.07) is 0. The Balaban J connectivity index is 0.000000403. The molecule has 2 aliphatic rings. The molecule has 0 aromatic carbocycles. The van der Waals surface area contributed by atoms with E-state index in [1.807, 2.05) is 0 Å². The molecule has 23 heavy (non-hydrogen) atoms. The van der Waals surface area contributed by atoms with Crippen molar-refractivity contribution >= 4 is 11.9 Å². The molecule has 2 aliphatic carbocycles. The minimum absolute atomic E-state index is 0. The van der Waals surface area contributed by atoms with Crippen LogP contribution in [0.1, 0.15) is 90.9 Å². The van der Waals surface area contributed by atoms with Gasteiger partial charge in [0.2, 0.25) is 0 Å². The summed E-state index contributed by atoms with van der Waals surface area (Å²) in [5.74, 6) is -1.29. The van der Waals surface area contributed by atoms with Gasteiger partial charge in [0.15, 0.2) is 0 Å². The normalized spacial score (nSPS) is 22.0. The van der Waals surface area contributed by atoms with Crippen molar-refractivity contribution in [2.75, 3.05) is 0 Å². The van der Waals surface area contributed by atoms with Crippen molar-refractivity contribution in [2.45, 2.75) is 90.9 Å². The third kappa shape index (κ3) is 9.67. The molecular weight excluding hydrogens is 393 g/mol. The van der Waals surface area contributed by atoms with Crippen LogP contribution in [-0.2, 0) is 36.9 Å². The van der Waals surface area contributed by atoms with Gasteiger partial charge in [0, 0.05) is 27.3 Å². The van der Waals surface area contributed by atoms with Crippen LogP contribution in [0.3, 0.4) is 0 Å². The second-order valence-corrected chi connectivity index (χ2v) is 7.88.